The van der Waals surface area contributed by atoms with Crippen LogP contribution in [0.15, 0.2) is 71.7 Å². The summed E-state index contributed by atoms with van der Waals surface area (Å²) in [6.07, 6.45) is 1.69. The van der Waals surface area contributed by atoms with Crippen LogP contribution in [0.3, 0.4) is 0 Å². The maximum Gasteiger partial charge on any atom is 0.320 e. The van der Waals surface area contributed by atoms with Crippen LogP contribution in [0.2, 0.25) is 5.02 Å². The van der Waals surface area contributed by atoms with Crippen LogP contribution in [0, 0.1) is 12.7 Å². The molecule has 1 fully saturated rings. The Morgan fingerprint density at radius 3 is 2.63 bits per heavy atom. The molecule has 1 aliphatic heterocycles. The molecular weight excluding hydrogens is 547 g/mol. The SMILES string of the molecule is COCCN1CC(c2ccc(Cl)c(F)c2)[C@H](NC(=O)Nc2c(C)c(-c3ccn(C)c(=O)c3)nn2-c2ccccc2)C1. The van der Waals surface area contributed by atoms with Gasteiger partial charge in [0.15, 0.2) is 0 Å². The average molecular weight is 579 g/mol. The van der Waals surface area contributed by atoms with Gasteiger partial charge in [0.05, 0.1) is 29.1 Å². The molecule has 1 unspecified atom stereocenters. The Morgan fingerprint density at radius 1 is 1.15 bits per heavy atom. The molecule has 4 aromatic rings. The van der Waals surface area contributed by atoms with Gasteiger partial charge < -0.3 is 14.6 Å². The van der Waals surface area contributed by atoms with Crippen molar-refractivity contribution in [3.63, 3.8) is 0 Å². The van der Waals surface area contributed by atoms with Gasteiger partial charge in [0.1, 0.15) is 11.6 Å². The van der Waals surface area contributed by atoms with Gasteiger partial charge in [-0.2, -0.15) is 5.10 Å². The van der Waals surface area contributed by atoms with Crippen LogP contribution in [-0.4, -0.2) is 64.7 Å². The summed E-state index contributed by atoms with van der Waals surface area (Å²) in [5, 5.41) is 10.9. The van der Waals surface area contributed by atoms with Crippen molar-refractivity contribution in [2.75, 3.05) is 38.7 Å². The third kappa shape index (κ3) is 6.19. The first-order chi connectivity index (χ1) is 19.7. The Balaban J connectivity index is 1.44. The monoisotopic (exact) mass is 578 g/mol. The lowest BCUT2D eigenvalue weighted by Crippen LogP contribution is -2.42. The number of amides is 2. The van der Waals surface area contributed by atoms with Crippen LogP contribution in [0.25, 0.3) is 16.9 Å². The van der Waals surface area contributed by atoms with Gasteiger partial charge in [-0.15, -0.1) is 0 Å². The standard InChI is InChI=1S/C30H32ClFN6O3/c1-19-28(21-11-12-36(2)27(39)16-21)35-38(22-7-5-4-6-8-22)29(19)34-30(40)33-26-18-37(13-14-41-3)17-23(26)20-9-10-24(31)25(32)15-20/h4-12,15-16,23,26H,13-14,17-18H2,1-3H3,(H2,33,34,40)/t23?,26-/m1/s1. The summed E-state index contributed by atoms with van der Waals surface area (Å²) in [7, 11) is 3.33. The number of hydrogen-bond donors (Lipinski definition) is 2. The predicted octanol–water partition coefficient (Wildman–Crippen LogP) is 4.57. The van der Waals surface area contributed by atoms with E-state index in [1.807, 2.05) is 43.3 Å². The van der Waals surface area contributed by atoms with E-state index >= 15 is 0 Å². The van der Waals surface area contributed by atoms with Gasteiger partial charge in [0, 0.05) is 63.1 Å². The second-order valence-electron chi connectivity index (χ2n) is 10.2. The minimum atomic E-state index is -0.492. The average Bonchev–Trinajstić information content (AvgIpc) is 3.51. The van der Waals surface area contributed by atoms with Crippen molar-refractivity contribution in [1.82, 2.24) is 24.6 Å². The number of methoxy groups -OCH3 is 1. The molecule has 0 bridgehead atoms. The number of nitrogens with zero attached hydrogens (tertiary/aromatic N) is 4. The molecule has 5 rings (SSSR count). The maximum atomic E-state index is 14.4. The van der Waals surface area contributed by atoms with Crippen LogP contribution in [0.5, 0.6) is 0 Å². The molecule has 9 nitrogen and oxygen atoms in total. The molecule has 2 aromatic carbocycles. The normalized spacial score (nSPS) is 17.1. The summed E-state index contributed by atoms with van der Waals surface area (Å²) >= 11 is 5.93. The van der Waals surface area contributed by atoms with E-state index < -0.39 is 11.8 Å². The molecule has 0 spiro atoms. The van der Waals surface area contributed by atoms with Crippen molar-refractivity contribution >= 4 is 23.4 Å². The lowest BCUT2D eigenvalue weighted by Gasteiger charge is -2.21. The van der Waals surface area contributed by atoms with Crippen molar-refractivity contribution in [3.05, 3.63) is 99.2 Å². The van der Waals surface area contributed by atoms with Crippen LogP contribution in [0.1, 0.15) is 17.0 Å². The first-order valence-corrected chi connectivity index (χ1v) is 13.7. The molecule has 2 amide bonds. The fourth-order valence-corrected chi connectivity index (χ4v) is 5.31. The highest BCUT2D eigenvalue weighted by molar-refractivity contribution is 6.30. The first-order valence-electron chi connectivity index (χ1n) is 13.3. The van der Waals surface area contributed by atoms with Crippen LogP contribution < -0.4 is 16.2 Å². The number of ether oxygens (including phenoxy) is 1. The van der Waals surface area contributed by atoms with Gasteiger partial charge in [-0.3, -0.25) is 15.0 Å². The number of pyridine rings is 1. The summed E-state index contributed by atoms with van der Waals surface area (Å²) in [4.78, 5) is 28.0. The Hall–Kier alpha value is -3.99. The topological polar surface area (TPSA) is 93.4 Å². The number of halogens is 2. The quantitative estimate of drug-likeness (QED) is 0.319. The molecule has 3 heterocycles. The number of anilines is 1. The van der Waals surface area contributed by atoms with E-state index in [0.717, 1.165) is 11.3 Å². The van der Waals surface area contributed by atoms with E-state index in [1.54, 1.807) is 37.2 Å². The lowest BCUT2D eigenvalue weighted by atomic mass is 9.94. The van der Waals surface area contributed by atoms with Gasteiger partial charge in [0.2, 0.25) is 0 Å². The number of benzene rings is 2. The molecule has 1 saturated heterocycles. The highest BCUT2D eigenvalue weighted by Crippen LogP contribution is 2.32. The van der Waals surface area contributed by atoms with E-state index in [2.05, 4.69) is 15.5 Å². The number of carbonyl (C=O) groups excluding carboxylic acids is 1. The highest BCUT2D eigenvalue weighted by Gasteiger charge is 2.35. The predicted molar refractivity (Wildman–Crippen MR) is 157 cm³/mol. The van der Waals surface area contributed by atoms with Crippen molar-refractivity contribution in [2.45, 2.75) is 18.9 Å². The minimum Gasteiger partial charge on any atom is -0.383 e. The molecule has 41 heavy (non-hydrogen) atoms. The third-order valence-corrected chi connectivity index (χ3v) is 7.73. The summed E-state index contributed by atoms with van der Waals surface area (Å²) in [6, 6.07) is 16.9. The molecule has 2 atom stereocenters. The van der Waals surface area contributed by atoms with E-state index in [1.165, 1.54) is 16.7 Å². The lowest BCUT2D eigenvalue weighted by molar-refractivity contribution is 0.159. The van der Waals surface area contributed by atoms with Gasteiger partial charge in [0.25, 0.3) is 5.56 Å². The van der Waals surface area contributed by atoms with Gasteiger partial charge in [-0.1, -0.05) is 35.9 Å². The maximum absolute atomic E-state index is 14.4. The summed E-state index contributed by atoms with van der Waals surface area (Å²) in [5.41, 5.74) is 3.30. The van der Waals surface area contributed by atoms with Gasteiger partial charge in [-0.25, -0.2) is 13.9 Å². The molecule has 1 aliphatic rings. The van der Waals surface area contributed by atoms with Gasteiger partial charge in [-0.05, 0) is 42.8 Å². The second-order valence-corrected chi connectivity index (χ2v) is 10.6. The minimum absolute atomic E-state index is 0.0574. The number of para-hydroxylation sites is 1. The zero-order chi connectivity index (χ0) is 29.1. The smallest absolute Gasteiger partial charge is 0.320 e. The van der Waals surface area contributed by atoms with E-state index in [-0.39, 0.29) is 22.5 Å². The number of carbonyl (C=O) groups is 1. The van der Waals surface area contributed by atoms with Crippen LogP contribution in [-0.2, 0) is 11.8 Å². The number of hydrogen-bond acceptors (Lipinski definition) is 5. The fraction of sp³-hybridized carbons (Fsp3) is 0.300. The fourth-order valence-electron chi connectivity index (χ4n) is 5.20. The van der Waals surface area contributed by atoms with E-state index in [4.69, 9.17) is 21.4 Å². The van der Waals surface area contributed by atoms with Crippen molar-refractivity contribution in [3.8, 4) is 16.9 Å². The Kier molecular flexibility index (Phi) is 8.53. The molecule has 2 N–H and O–H groups in total. The molecule has 0 radical (unpaired) electrons. The number of likely N-dealkylation sites (tertiary alicyclic amines) is 1. The Bertz CT molecular complexity index is 1610. The zero-order valence-electron chi connectivity index (χ0n) is 23.1. The molecule has 11 heteroatoms. The van der Waals surface area contributed by atoms with Crippen molar-refractivity contribution in [1.29, 1.82) is 0 Å². The van der Waals surface area contributed by atoms with E-state index in [0.29, 0.717) is 48.9 Å². The van der Waals surface area contributed by atoms with Gasteiger partial charge >= 0.3 is 6.03 Å². The summed E-state index contributed by atoms with van der Waals surface area (Å²) < 4.78 is 22.7. The van der Waals surface area contributed by atoms with Crippen LogP contribution >= 0.6 is 11.6 Å². The molecule has 0 saturated carbocycles. The molecular formula is C30H32ClFN6O3. The number of aromatic nitrogens is 3. The number of aryl methyl sites for hydroxylation is 1. The van der Waals surface area contributed by atoms with Crippen LogP contribution in [0.4, 0.5) is 15.0 Å². The second kappa shape index (κ2) is 12.3. The largest absolute Gasteiger partial charge is 0.383 e. The molecule has 0 aliphatic carbocycles. The number of urea groups is 1. The van der Waals surface area contributed by atoms with Crippen molar-refractivity contribution < 1.29 is 13.9 Å². The first kappa shape index (κ1) is 28.5. The summed E-state index contributed by atoms with van der Waals surface area (Å²) in [6.45, 7) is 4.28. The Morgan fingerprint density at radius 2 is 1.93 bits per heavy atom. The Labute approximate surface area is 242 Å². The third-order valence-electron chi connectivity index (χ3n) is 7.43. The van der Waals surface area contributed by atoms with E-state index in [9.17, 15) is 14.0 Å². The molecule has 214 valence electrons. The summed E-state index contributed by atoms with van der Waals surface area (Å²) in [5.74, 6) is -0.165. The highest BCUT2D eigenvalue weighted by atomic mass is 35.5. The zero-order valence-corrected chi connectivity index (χ0v) is 23.9. The number of nitrogens with one attached hydrogen (secondary N) is 2. The number of rotatable bonds is 8. The van der Waals surface area contributed by atoms with Crippen molar-refractivity contribution in [2.24, 2.45) is 7.05 Å². The molecule has 2 aromatic heterocycles.